The molecule has 1 aromatic carbocycles. The fourth-order valence-electron chi connectivity index (χ4n) is 4.60. The van der Waals surface area contributed by atoms with E-state index in [-0.39, 0.29) is 22.5 Å². The summed E-state index contributed by atoms with van der Waals surface area (Å²) in [5.74, 6) is -11.6. The summed E-state index contributed by atoms with van der Waals surface area (Å²) in [6, 6.07) is 3.46. The van der Waals surface area contributed by atoms with Crippen molar-refractivity contribution in [2.75, 3.05) is 28.2 Å². The molecule has 14 nitrogen and oxygen atoms in total. The molecule has 4 rings (SSSR count). The maximum Gasteiger partial charge on any atom is 0.332 e. The molecule has 14 heteroatoms. The normalized spacial score (nSPS) is 19.9. The molecule has 2 N–H and O–H groups in total. The summed E-state index contributed by atoms with van der Waals surface area (Å²) in [6.07, 6.45) is 2.33. The number of hydrogen-bond donors (Lipinski definition) is 2. The second kappa shape index (κ2) is 9.63. The highest BCUT2D eigenvalue weighted by molar-refractivity contribution is 6.32. The van der Waals surface area contributed by atoms with Gasteiger partial charge in [0.1, 0.15) is 5.75 Å². The Kier molecular flexibility index (Phi) is 6.64. The number of dihydropyridines is 1. The third kappa shape index (κ3) is 4.15. The van der Waals surface area contributed by atoms with Gasteiger partial charge in [0.05, 0.1) is 0 Å². The van der Waals surface area contributed by atoms with Crippen LogP contribution in [0.3, 0.4) is 0 Å². The van der Waals surface area contributed by atoms with Crippen molar-refractivity contribution in [2.24, 2.45) is 11.8 Å². The number of nitrogens with zero attached hydrogens (tertiary/aromatic N) is 4. The second-order valence-corrected chi connectivity index (χ2v) is 9.14. The number of amides is 8. The standard InChI is InChI=1S/C25H23N5O9/c1-27-20(34)16(21(35)28(2)24(27)38)18(32)13-9-26-10-14(15(13)11-5-7-12(31)8-6-11)19(33)17-22(36)29(3)25(39)30(4)23(17)37/h5-10,15-17,26,31H,1-4H3. The number of benzene rings is 1. The quantitative estimate of drug-likeness (QED) is 0.457. The first-order chi connectivity index (χ1) is 18.3. The van der Waals surface area contributed by atoms with Crippen molar-refractivity contribution in [3.8, 4) is 5.75 Å². The molecule has 0 radical (unpaired) electrons. The Morgan fingerprint density at radius 1 is 0.641 bits per heavy atom. The number of aromatic hydroxyl groups is 1. The first-order valence-corrected chi connectivity index (χ1v) is 11.5. The van der Waals surface area contributed by atoms with Crippen LogP contribution in [0.4, 0.5) is 9.59 Å². The molecule has 0 aliphatic carbocycles. The van der Waals surface area contributed by atoms with E-state index < -0.39 is 65.0 Å². The molecule has 0 aromatic heterocycles. The summed E-state index contributed by atoms with van der Waals surface area (Å²) in [5, 5.41) is 12.4. The number of Topliss-reactive ketones (excluding diaryl/α,β-unsaturated/α-hetero) is 2. The molecule has 8 amide bonds. The lowest BCUT2D eigenvalue weighted by atomic mass is 9.75. The topological polar surface area (TPSA) is 182 Å². The van der Waals surface area contributed by atoms with Crippen LogP contribution in [0.1, 0.15) is 11.5 Å². The molecular formula is C25H23N5O9. The minimum absolute atomic E-state index is 0.139. The lowest BCUT2D eigenvalue weighted by Crippen LogP contribution is -2.60. The van der Waals surface area contributed by atoms with Gasteiger partial charge < -0.3 is 10.4 Å². The van der Waals surface area contributed by atoms with Gasteiger partial charge in [-0.1, -0.05) is 12.1 Å². The molecule has 0 bridgehead atoms. The molecule has 0 saturated carbocycles. The highest BCUT2D eigenvalue weighted by atomic mass is 16.3. The monoisotopic (exact) mass is 537 g/mol. The molecule has 3 aliphatic heterocycles. The lowest BCUT2D eigenvalue weighted by molar-refractivity contribution is -0.153. The summed E-state index contributed by atoms with van der Waals surface area (Å²) in [6.45, 7) is 0. The molecule has 1 aromatic rings. The summed E-state index contributed by atoms with van der Waals surface area (Å²) in [5.41, 5.74) is -0.249. The first kappa shape index (κ1) is 26.9. The molecule has 0 unspecified atom stereocenters. The van der Waals surface area contributed by atoms with Gasteiger partial charge in [-0.15, -0.1) is 0 Å². The van der Waals surface area contributed by atoms with Crippen LogP contribution in [0.25, 0.3) is 0 Å². The van der Waals surface area contributed by atoms with E-state index in [1.807, 2.05) is 0 Å². The van der Waals surface area contributed by atoms with Crippen LogP contribution < -0.4 is 5.32 Å². The Balaban J connectivity index is 1.79. The fourth-order valence-corrected chi connectivity index (χ4v) is 4.60. The molecular weight excluding hydrogens is 514 g/mol. The maximum absolute atomic E-state index is 13.7. The van der Waals surface area contributed by atoms with E-state index in [1.165, 1.54) is 36.7 Å². The highest BCUT2D eigenvalue weighted by Crippen LogP contribution is 2.39. The minimum Gasteiger partial charge on any atom is -0.508 e. The number of hydrogen-bond acceptors (Lipinski definition) is 10. The van der Waals surface area contributed by atoms with Gasteiger partial charge in [-0.3, -0.25) is 48.4 Å². The van der Waals surface area contributed by atoms with E-state index in [2.05, 4.69) is 5.32 Å². The van der Waals surface area contributed by atoms with Crippen molar-refractivity contribution in [3.05, 3.63) is 53.4 Å². The molecule has 3 aliphatic rings. The van der Waals surface area contributed by atoms with Crippen LogP contribution in [0, 0.1) is 11.8 Å². The van der Waals surface area contributed by atoms with E-state index >= 15 is 0 Å². The smallest absolute Gasteiger partial charge is 0.332 e. The number of phenolic OH excluding ortho intramolecular Hbond substituents is 1. The van der Waals surface area contributed by atoms with Crippen molar-refractivity contribution in [3.63, 3.8) is 0 Å². The molecule has 3 heterocycles. The second-order valence-electron chi connectivity index (χ2n) is 9.14. The van der Waals surface area contributed by atoms with Crippen LogP contribution in [0.15, 0.2) is 47.8 Å². The third-order valence-corrected chi connectivity index (χ3v) is 6.88. The van der Waals surface area contributed by atoms with Gasteiger partial charge in [-0.2, -0.15) is 0 Å². The molecule has 2 saturated heterocycles. The van der Waals surface area contributed by atoms with Gasteiger partial charge in [0.2, 0.25) is 0 Å². The molecule has 39 heavy (non-hydrogen) atoms. The van der Waals surface area contributed by atoms with Crippen LogP contribution in [0.2, 0.25) is 0 Å². The minimum atomic E-state index is -1.94. The lowest BCUT2D eigenvalue weighted by Gasteiger charge is -2.35. The first-order valence-electron chi connectivity index (χ1n) is 11.5. The number of nitrogens with one attached hydrogen (secondary N) is 1. The Labute approximate surface area is 221 Å². The van der Waals surface area contributed by atoms with Gasteiger partial charge in [0.15, 0.2) is 23.4 Å². The Morgan fingerprint density at radius 3 is 1.31 bits per heavy atom. The number of ketones is 2. The van der Waals surface area contributed by atoms with Gasteiger partial charge in [-0.05, 0) is 17.7 Å². The summed E-state index contributed by atoms with van der Waals surface area (Å²) in [4.78, 5) is 106. The maximum atomic E-state index is 13.7. The number of imide groups is 4. The highest BCUT2D eigenvalue weighted by Gasteiger charge is 2.52. The average Bonchev–Trinajstić information content (AvgIpc) is 2.93. The van der Waals surface area contributed by atoms with Crippen molar-refractivity contribution < 1.29 is 43.5 Å². The van der Waals surface area contributed by atoms with Crippen LogP contribution in [-0.2, 0) is 28.8 Å². The van der Waals surface area contributed by atoms with Crippen molar-refractivity contribution >= 4 is 47.3 Å². The van der Waals surface area contributed by atoms with Crippen LogP contribution in [0.5, 0.6) is 5.75 Å². The Morgan fingerprint density at radius 2 is 0.974 bits per heavy atom. The molecule has 202 valence electrons. The molecule has 0 atom stereocenters. The Hall–Kier alpha value is -5.14. The third-order valence-electron chi connectivity index (χ3n) is 6.88. The SMILES string of the molecule is CN1C(=O)C(C(=O)C2=CNC=C(C(=O)C3C(=O)N(C)C(=O)N(C)C3=O)C2c2ccc(O)cc2)C(=O)N(C)C1=O. The van der Waals surface area contributed by atoms with Crippen molar-refractivity contribution in [2.45, 2.75) is 5.92 Å². The predicted octanol–water partition coefficient (Wildman–Crippen LogP) is -0.682. The Bertz CT molecular complexity index is 1300. The van der Waals surface area contributed by atoms with E-state index in [1.54, 1.807) is 0 Å². The average molecular weight is 537 g/mol. The summed E-state index contributed by atoms with van der Waals surface area (Å²) in [7, 11) is 4.45. The number of barbiturate groups is 2. The number of urea groups is 2. The zero-order valence-electron chi connectivity index (χ0n) is 21.2. The van der Waals surface area contributed by atoms with Gasteiger partial charge in [0.25, 0.3) is 23.6 Å². The fraction of sp³-hybridized carbons (Fsp3) is 0.280. The number of carbonyl (C=O) groups excluding carboxylic acids is 8. The zero-order chi connectivity index (χ0) is 28.9. The molecule has 2 fully saturated rings. The summed E-state index contributed by atoms with van der Waals surface area (Å²) < 4.78 is 0. The van der Waals surface area contributed by atoms with E-state index in [4.69, 9.17) is 0 Å². The van der Waals surface area contributed by atoms with E-state index in [9.17, 15) is 43.5 Å². The van der Waals surface area contributed by atoms with Crippen molar-refractivity contribution in [1.29, 1.82) is 0 Å². The number of rotatable bonds is 5. The van der Waals surface area contributed by atoms with Crippen molar-refractivity contribution in [1.82, 2.24) is 24.9 Å². The van der Waals surface area contributed by atoms with Crippen LogP contribution in [-0.4, -0.2) is 100 Å². The number of phenols is 1. The van der Waals surface area contributed by atoms with Gasteiger partial charge in [0, 0.05) is 57.7 Å². The van der Waals surface area contributed by atoms with E-state index in [0.717, 1.165) is 28.2 Å². The summed E-state index contributed by atoms with van der Waals surface area (Å²) >= 11 is 0. The van der Waals surface area contributed by atoms with Crippen LogP contribution >= 0.6 is 0 Å². The number of allylic oxidation sites excluding steroid dienone is 2. The predicted molar refractivity (Wildman–Crippen MR) is 129 cm³/mol. The van der Waals surface area contributed by atoms with E-state index in [0.29, 0.717) is 19.6 Å². The van der Waals surface area contributed by atoms with Gasteiger partial charge in [-0.25, -0.2) is 9.59 Å². The van der Waals surface area contributed by atoms with Gasteiger partial charge >= 0.3 is 12.1 Å². The number of carbonyl (C=O) groups is 8. The zero-order valence-corrected chi connectivity index (χ0v) is 21.2. The largest absolute Gasteiger partial charge is 0.508 e. The molecule has 0 spiro atoms.